The van der Waals surface area contributed by atoms with Gasteiger partial charge in [0.15, 0.2) is 5.82 Å². The average Bonchev–Trinajstić information content (AvgIpc) is 2.49. The van der Waals surface area contributed by atoms with Crippen molar-refractivity contribution in [3.8, 4) is 5.88 Å². The summed E-state index contributed by atoms with van der Waals surface area (Å²) in [6.07, 6.45) is 1.31. The predicted octanol–water partition coefficient (Wildman–Crippen LogP) is 1.52. The molecule has 1 amide bonds. The molecule has 1 aromatic carbocycles. The van der Waals surface area contributed by atoms with E-state index in [1.807, 2.05) is 26.0 Å². The molecule has 0 bridgehead atoms. The first-order valence-corrected chi connectivity index (χ1v) is 6.48. The van der Waals surface area contributed by atoms with E-state index in [9.17, 15) is 4.79 Å². The maximum absolute atomic E-state index is 12.0. The molecule has 2 aromatic rings. The van der Waals surface area contributed by atoms with Crippen LogP contribution < -0.4 is 21.3 Å². The van der Waals surface area contributed by atoms with Crippen LogP contribution in [0.15, 0.2) is 30.6 Å². The summed E-state index contributed by atoms with van der Waals surface area (Å²) >= 11 is 0. The number of aryl methyl sites for hydroxylation is 1. The number of anilines is 2. The Balaban J connectivity index is 2.04. The number of hydrogen-bond donors (Lipinski definition) is 3. The van der Waals surface area contributed by atoms with Crippen molar-refractivity contribution >= 4 is 17.4 Å². The standard InChI is InChI=1S/C14H17N5O2/c1-3-21-14-11(15)12(16-8-17-14)18-19-13(20)10-6-4-9(2)5-7-10/h4-8H,3,15H2,1-2H3,(H,19,20)(H,16,17,18). The van der Waals surface area contributed by atoms with Gasteiger partial charge in [-0.2, -0.15) is 4.98 Å². The number of hydrazine groups is 1. The third-order valence-electron chi connectivity index (χ3n) is 2.74. The number of nitrogen functional groups attached to an aromatic ring is 1. The van der Waals surface area contributed by atoms with Crippen LogP contribution in [0.25, 0.3) is 0 Å². The molecule has 0 aliphatic rings. The van der Waals surface area contributed by atoms with Gasteiger partial charge >= 0.3 is 0 Å². The van der Waals surface area contributed by atoms with E-state index in [1.54, 1.807) is 12.1 Å². The third kappa shape index (κ3) is 3.59. The molecule has 4 N–H and O–H groups in total. The number of nitrogens with zero attached hydrogens (tertiary/aromatic N) is 2. The molecule has 0 fully saturated rings. The highest BCUT2D eigenvalue weighted by atomic mass is 16.5. The minimum absolute atomic E-state index is 0.239. The summed E-state index contributed by atoms with van der Waals surface area (Å²) in [5, 5.41) is 0. The minimum atomic E-state index is -0.286. The van der Waals surface area contributed by atoms with Crippen LogP contribution in [0.5, 0.6) is 5.88 Å². The Morgan fingerprint density at radius 2 is 2.00 bits per heavy atom. The van der Waals surface area contributed by atoms with E-state index in [-0.39, 0.29) is 23.3 Å². The van der Waals surface area contributed by atoms with Crippen LogP contribution in [0.4, 0.5) is 11.5 Å². The third-order valence-corrected chi connectivity index (χ3v) is 2.74. The van der Waals surface area contributed by atoms with Gasteiger partial charge in [-0.05, 0) is 26.0 Å². The van der Waals surface area contributed by atoms with Gasteiger partial charge in [-0.3, -0.25) is 15.6 Å². The summed E-state index contributed by atoms with van der Waals surface area (Å²) in [4.78, 5) is 19.8. The zero-order chi connectivity index (χ0) is 15.2. The van der Waals surface area contributed by atoms with Gasteiger partial charge in [0.05, 0.1) is 6.61 Å². The number of carbonyl (C=O) groups is 1. The first-order valence-electron chi connectivity index (χ1n) is 6.48. The van der Waals surface area contributed by atoms with Crippen LogP contribution in [0.2, 0.25) is 0 Å². The van der Waals surface area contributed by atoms with E-state index in [1.165, 1.54) is 6.33 Å². The molecular formula is C14H17N5O2. The molecule has 0 saturated carbocycles. The molecule has 0 aliphatic carbocycles. The second-order valence-electron chi connectivity index (χ2n) is 4.32. The molecule has 0 unspecified atom stereocenters. The highest BCUT2D eigenvalue weighted by Crippen LogP contribution is 2.23. The molecule has 7 heteroatoms. The Morgan fingerprint density at radius 3 is 2.67 bits per heavy atom. The summed E-state index contributed by atoms with van der Waals surface area (Å²) in [5.74, 6) is 0.277. The number of amides is 1. The first-order chi connectivity index (χ1) is 10.1. The van der Waals surface area contributed by atoms with Crippen molar-refractivity contribution in [1.82, 2.24) is 15.4 Å². The SMILES string of the molecule is CCOc1ncnc(NNC(=O)c2ccc(C)cc2)c1N. The van der Waals surface area contributed by atoms with Crippen molar-refractivity contribution in [2.75, 3.05) is 17.8 Å². The Labute approximate surface area is 122 Å². The summed E-state index contributed by atoms with van der Waals surface area (Å²) < 4.78 is 5.25. The Bertz CT molecular complexity index is 628. The highest BCUT2D eigenvalue weighted by Gasteiger charge is 2.10. The highest BCUT2D eigenvalue weighted by molar-refractivity contribution is 5.95. The first kappa shape index (κ1) is 14.6. The van der Waals surface area contributed by atoms with Gasteiger partial charge in [0.1, 0.15) is 12.0 Å². The largest absolute Gasteiger partial charge is 0.476 e. The van der Waals surface area contributed by atoms with Crippen LogP contribution in [-0.4, -0.2) is 22.5 Å². The van der Waals surface area contributed by atoms with Crippen LogP contribution in [0, 0.1) is 6.92 Å². The quantitative estimate of drug-likeness (QED) is 0.721. The van der Waals surface area contributed by atoms with Crippen molar-refractivity contribution in [3.05, 3.63) is 41.7 Å². The van der Waals surface area contributed by atoms with Crippen molar-refractivity contribution in [2.45, 2.75) is 13.8 Å². The van der Waals surface area contributed by atoms with E-state index >= 15 is 0 Å². The molecule has 2 rings (SSSR count). The Kier molecular flexibility index (Phi) is 4.55. The van der Waals surface area contributed by atoms with Crippen molar-refractivity contribution in [2.24, 2.45) is 0 Å². The molecule has 1 heterocycles. The van der Waals surface area contributed by atoms with E-state index in [2.05, 4.69) is 20.8 Å². The van der Waals surface area contributed by atoms with Crippen molar-refractivity contribution < 1.29 is 9.53 Å². The molecule has 1 aromatic heterocycles. The minimum Gasteiger partial charge on any atom is -0.476 e. The summed E-state index contributed by atoms with van der Waals surface area (Å²) in [6, 6.07) is 7.20. The zero-order valence-corrected chi connectivity index (χ0v) is 11.9. The number of hydrogen-bond acceptors (Lipinski definition) is 6. The lowest BCUT2D eigenvalue weighted by molar-refractivity contribution is 0.0962. The Morgan fingerprint density at radius 1 is 1.29 bits per heavy atom. The van der Waals surface area contributed by atoms with Crippen LogP contribution in [-0.2, 0) is 0 Å². The van der Waals surface area contributed by atoms with Gasteiger partial charge in [-0.15, -0.1) is 0 Å². The van der Waals surface area contributed by atoms with Crippen molar-refractivity contribution in [1.29, 1.82) is 0 Å². The fraction of sp³-hybridized carbons (Fsp3) is 0.214. The molecule has 110 valence electrons. The number of carbonyl (C=O) groups excluding carboxylic acids is 1. The summed E-state index contributed by atoms with van der Waals surface area (Å²) in [5.41, 5.74) is 12.9. The van der Waals surface area contributed by atoms with E-state index in [0.717, 1.165) is 5.56 Å². The average molecular weight is 287 g/mol. The molecule has 0 aliphatic heterocycles. The fourth-order valence-electron chi connectivity index (χ4n) is 1.62. The van der Waals surface area contributed by atoms with Crippen LogP contribution in [0.1, 0.15) is 22.8 Å². The van der Waals surface area contributed by atoms with E-state index in [0.29, 0.717) is 12.2 Å². The van der Waals surface area contributed by atoms with E-state index < -0.39 is 0 Å². The van der Waals surface area contributed by atoms with Gasteiger partial charge in [0, 0.05) is 5.56 Å². The van der Waals surface area contributed by atoms with Crippen LogP contribution in [0.3, 0.4) is 0 Å². The molecule has 7 nitrogen and oxygen atoms in total. The lowest BCUT2D eigenvalue weighted by Crippen LogP contribution is -2.30. The van der Waals surface area contributed by atoms with Crippen molar-refractivity contribution in [3.63, 3.8) is 0 Å². The molecule has 0 saturated heterocycles. The molecule has 21 heavy (non-hydrogen) atoms. The van der Waals surface area contributed by atoms with Gasteiger partial charge in [0.25, 0.3) is 5.91 Å². The number of nitrogens with one attached hydrogen (secondary N) is 2. The number of ether oxygens (including phenoxy) is 1. The second kappa shape index (κ2) is 6.56. The smallest absolute Gasteiger partial charge is 0.269 e. The zero-order valence-electron chi connectivity index (χ0n) is 11.9. The topological polar surface area (TPSA) is 102 Å². The number of rotatable bonds is 5. The molecular weight excluding hydrogens is 270 g/mol. The number of benzene rings is 1. The number of nitrogens with two attached hydrogens (primary N) is 1. The molecule has 0 spiro atoms. The monoisotopic (exact) mass is 287 g/mol. The normalized spacial score (nSPS) is 10.0. The second-order valence-corrected chi connectivity index (χ2v) is 4.32. The maximum atomic E-state index is 12.0. The molecule has 0 atom stereocenters. The van der Waals surface area contributed by atoms with E-state index in [4.69, 9.17) is 10.5 Å². The van der Waals surface area contributed by atoms with Gasteiger partial charge in [-0.1, -0.05) is 17.7 Å². The van der Waals surface area contributed by atoms with Gasteiger partial charge in [-0.25, -0.2) is 4.98 Å². The summed E-state index contributed by atoms with van der Waals surface area (Å²) in [6.45, 7) is 4.22. The number of aromatic nitrogens is 2. The fourth-order valence-corrected chi connectivity index (χ4v) is 1.62. The summed E-state index contributed by atoms with van der Waals surface area (Å²) in [7, 11) is 0. The Hall–Kier alpha value is -2.83. The molecule has 0 radical (unpaired) electrons. The lowest BCUT2D eigenvalue weighted by atomic mass is 10.1. The van der Waals surface area contributed by atoms with Gasteiger partial charge < -0.3 is 10.5 Å². The maximum Gasteiger partial charge on any atom is 0.269 e. The lowest BCUT2D eigenvalue weighted by Gasteiger charge is -2.11. The van der Waals surface area contributed by atoms with Crippen LogP contribution >= 0.6 is 0 Å². The predicted molar refractivity (Wildman–Crippen MR) is 79.9 cm³/mol. The van der Waals surface area contributed by atoms with Gasteiger partial charge in [0.2, 0.25) is 5.88 Å².